The third kappa shape index (κ3) is 14.7. The minimum Gasteiger partial charge on any atom is -0.496 e. The highest BCUT2D eigenvalue weighted by Gasteiger charge is 2.13. The van der Waals surface area contributed by atoms with Gasteiger partial charge in [0.05, 0.1) is 26.4 Å². The highest BCUT2D eigenvalue weighted by Crippen LogP contribution is 2.32. The van der Waals surface area contributed by atoms with Gasteiger partial charge in [-0.25, -0.2) is 4.79 Å². The van der Waals surface area contributed by atoms with Crippen LogP contribution < -0.4 is 19.3 Å². The number of methoxy groups -OCH3 is 2. The largest absolute Gasteiger partial charge is 0.496 e. The van der Waals surface area contributed by atoms with Crippen molar-refractivity contribution in [3.05, 3.63) is 130 Å². The molecular weight excluding hydrogens is 749 g/mol. The number of hydrogen-bond acceptors (Lipinski definition) is 8. The Bertz CT molecular complexity index is 2040. The Morgan fingerprint density at radius 2 is 1.12 bits per heavy atom. The fourth-order valence-electron chi connectivity index (χ4n) is 6.68. The van der Waals surface area contributed by atoms with Gasteiger partial charge in [0.1, 0.15) is 11.5 Å². The molecular formula is C52H64N2O6. The molecule has 0 saturated carbocycles. The average molecular weight is 813 g/mol. The number of allylic oxidation sites excluding steroid dienone is 1. The molecule has 0 aliphatic carbocycles. The van der Waals surface area contributed by atoms with Crippen LogP contribution in [0, 0.1) is 0 Å². The lowest BCUT2D eigenvalue weighted by Gasteiger charge is -2.24. The Morgan fingerprint density at radius 3 is 1.62 bits per heavy atom. The second kappa shape index (κ2) is 24.9. The molecule has 0 radical (unpaired) electrons. The van der Waals surface area contributed by atoms with Gasteiger partial charge in [0.25, 0.3) is 0 Å². The van der Waals surface area contributed by atoms with E-state index in [2.05, 4.69) is 110 Å². The van der Waals surface area contributed by atoms with Gasteiger partial charge in [-0.15, -0.1) is 0 Å². The predicted molar refractivity (Wildman–Crippen MR) is 250 cm³/mol. The fraction of sp³-hybridized carbons (Fsp3) is 0.365. The molecule has 0 atom stereocenters. The van der Waals surface area contributed by atoms with Crippen molar-refractivity contribution in [2.75, 3.05) is 57.3 Å². The molecule has 318 valence electrons. The van der Waals surface area contributed by atoms with E-state index in [4.69, 9.17) is 14.2 Å². The number of ether oxygens (including phenoxy) is 3. The number of nitrogens with zero attached hydrogens (tertiary/aromatic N) is 2. The molecule has 0 bridgehead atoms. The minimum atomic E-state index is -0.412. The Labute approximate surface area is 358 Å². The first kappa shape index (κ1) is 46.8. The zero-order chi connectivity index (χ0) is 43.3. The molecule has 0 unspecified atom stereocenters. The van der Waals surface area contributed by atoms with E-state index in [1.165, 1.54) is 38.3 Å². The number of carbonyl (C=O) groups is 3. The van der Waals surface area contributed by atoms with Crippen LogP contribution in [0.4, 0.5) is 11.4 Å². The molecule has 4 rings (SSSR count). The van der Waals surface area contributed by atoms with Crippen LogP contribution in [-0.2, 0) is 9.53 Å². The topological polar surface area (TPSA) is 85.4 Å². The second-order valence-corrected chi connectivity index (χ2v) is 15.2. The van der Waals surface area contributed by atoms with E-state index in [1.807, 2.05) is 12.1 Å². The van der Waals surface area contributed by atoms with Crippen molar-refractivity contribution in [2.24, 2.45) is 0 Å². The number of rotatable bonds is 26. The van der Waals surface area contributed by atoms with Crippen molar-refractivity contribution in [1.29, 1.82) is 0 Å². The summed E-state index contributed by atoms with van der Waals surface area (Å²) in [6.45, 7) is 13.0. The summed E-state index contributed by atoms with van der Waals surface area (Å²) in [4.78, 5) is 40.9. The van der Waals surface area contributed by atoms with Crippen LogP contribution in [0.2, 0.25) is 0 Å². The average Bonchev–Trinajstić information content (AvgIpc) is 3.27. The molecule has 8 heteroatoms. The van der Waals surface area contributed by atoms with Gasteiger partial charge in [-0.3, -0.25) is 9.59 Å². The van der Waals surface area contributed by atoms with Gasteiger partial charge in [-0.1, -0.05) is 100 Å². The van der Waals surface area contributed by atoms with E-state index in [9.17, 15) is 14.4 Å². The predicted octanol–water partition coefficient (Wildman–Crippen LogP) is 12.0. The second-order valence-electron chi connectivity index (χ2n) is 15.2. The molecule has 0 saturated heterocycles. The van der Waals surface area contributed by atoms with E-state index in [-0.39, 0.29) is 23.6 Å². The summed E-state index contributed by atoms with van der Waals surface area (Å²) in [5.41, 5.74) is 7.61. The van der Waals surface area contributed by atoms with Gasteiger partial charge in [0.15, 0.2) is 11.6 Å². The highest BCUT2D eigenvalue weighted by molar-refractivity contribution is 6.05. The van der Waals surface area contributed by atoms with Crippen molar-refractivity contribution in [1.82, 2.24) is 0 Å². The van der Waals surface area contributed by atoms with E-state index in [0.717, 1.165) is 84.8 Å². The van der Waals surface area contributed by atoms with Crippen molar-refractivity contribution in [3.63, 3.8) is 0 Å². The number of unbranched alkanes of at least 4 members (excludes halogenated alkanes) is 5. The zero-order valence-electron chi connectivity index (χ0n) is 36.6. The van der Waals surface area contributed by atoms with Gasteiger partial charge in [0.2, 0.25) is 0 Å². The van der Waals surface area contributed by atoms with Gasteiger partial charge in [0, 0.05) is 61.2 Å². The molecule has 0 heterocycles. The van der Waals surface area contributed by atoms with Crippen LogP contribution in [0.3, 0.4) is 0 Å². The molecule has 60 heavy (non-hydrogen) atoms. The molecule has 0 spiro atoms. The lowest BCUT2D eigenvalue weighted by atomic mass is 10.0. The molecule has 0 amide bonds. The van der Waals surface area contributed by atoms with Gasteiger partial charge >= 0.3 is 5.97 Å². The number of esters is 1. The maximum atomic E-state index is 12.5. The maximum absolute atomic E-state index is 12.5. The van der Waals surface area contributed by atoms with E-state index in [0.29, 0.717) is 17.7 Å². The summed E-state index contributed by atoms with van der Waals surface area (Å²) >= 11 is 0. The first-order valence-electron chi connectivity index (χ1n) is 21.3. The number of hydrogen-bond donors (Lipinski definition) is 0. The van der Waals surface area contributed by atoms with Crippen LogP contribution in [0.15, 0.2) is 97.1 Å². The normalized spacial score (nSPS) is 11.2. The molecule has 0 aliphatic rings. The summed E-state index contributed by atoms with van der Waals surface area (Å²) in [6, 6.07) is 27.7. The SMILES string of the molecule is C=C(CC(=O)c1ccc(C(=O)OCCCCCCN(C)c2ccc(/C=C/c3cc(OC)c(/C=C/c4ccc(N(CCCC)CCCC)cc4)cc3OC)cc2)cc1)C(C)=O. The van der Waals surface area contributed by atoms with E-state index in [1.54, 1.807) is 38.5 Å². The Balaban J connectivity index is 1.22. The lowest BCUT2D eigenvalue weighted by Crippen LogP contribution is -2.25. The fourth-order valence-corrected chi connectivity index (χ4v) is 6.68. The molecule has 0 aliphatic heterocycles. The van der Waals surface area contributed by atoms with Crippen molar-refractivity contribution >= 4 is 53.2 Å². The van der Waals surface area contributed by atoms with Crippen molar-refractivity contribution in [2.45, 2.75) is 78.6 Å². The van der Waals surface area contributed by atoms with Crippen LogP contribution in [0.1, 0.15) is 122 Å². The van der Waals surface area contributed by atoms with Crippen LogP contribution in [0.5, 0.6) is 11.5 Å². The number of benzene rings is 4. The standard InChI is InChI=1S/C52H64N2O6/c1-8-10-33-54(34-11-9-2)48-30-20-42(21-31-48)17-23-46-38-50(58-6)45(37-51(46)59-7)22-16-41-18-28-47(29-19-41)53(5)32-14-12-13-15-35-60-52(57)44-26-24-43(25-27-44)49(56)36-39(3)40(4)55/h16-31,37-38H,3,8-15,32-36H2,1-2,4-7H3/b22-16+,23-17+. The summed E-state index contributed by atoms with van der Waals surface area (Å²) in [7, 11) is 5.49. The van der Waals surface area contributed by atoms with Crippen LogP contribution in [-0.4, -0.2) is 65.0 Å². The summed E-state index contributed by atoms with van der Waals surface area (Å²) in [5.74, 6) is 0.721. The Morgan fingerprint density at radius 1 is 0.617 bits per heavy atom. The molecule has 4 aromatic rings. The highest BCUT2D eigenvalue weighted by atomic mass is 16.5. The number of anilines is 2. The van der Waals surface area contributed by atoms with Gasteiger partial charge < -0.3 is 24.0 Å². The van der Waals surface area contributed by atoms with Gasteiger partial charge in [-0.05, 0) is 104 Å². The van der Waals surface area contributed by atoms with Crippen molar-refractivity contribution < 1.29 is 28.6 Å². The zero-order valence-corrected chi connectivity index (χ0v) is 36.6. The van der Waals surface area contributed by atoms with Crippen LogP contribution in [0.25, 0.3) is 24.3 Å². The Hall–Kier alpha value is -5.89. The quantitative estimate of drug-likeness (QED) is 0.0204. The smallest absolute Gasteiger partial charge is 0.338 e. The third-order valence-corrected chi connectivity index (χ3v) is 10.6. The summed E-state index contributed by atoms with van der Waals surface area (Å²) in [5, 5.41) is 0. The van der Waals surface area contributed by atoms with Crippen LogP contribution >= 0.6 is 0 Å². The Kier molecular flexibility index (Phi) is 19.4. The third-order valence-electron chi connectivity index (χ3n) is 10.6. The monoisotopic (exact) mass is 812 g/mol. The number of ketones is 2. The minimum absolute atomic E-state index is 0.0317. The molecule has 4 aromatic carbocycles. The number of carbonyl (C=O) groups excluding carboxylic acids is 3. The molecule has 0 aromatic heterocycles. The van der Waals surface area contributed by atoms with E-state index >= 15 is 0 Å². The van der Waals surface area contributed by atoms with Gasteiger partial charge in [-0.2, -0.15) is 0 Å². The summed E-state index contributed by atoms with van der Waals surface area (Å²) < 4.78 is 17.1. The van der Waals surface area contributed by atoms with Crippen molar-refractivity contribution in [3.8, 4) is 11.5 Å². The maximum Gasteiger partial charge on any atom is 0.338 e. The molecule has 0 N–H and O–H groups in total. The molecule has 8 nitrogen and oxygen atoms in total. The molecule has 0 fully saturated rings. The lowest BCUT2D eigenvalue weighted by molar-refractivity contribution is -0.113. The first-order valence-corrected chi connectivity index (χ1v) is 21.3. The first-order chi connectivity index (χ1) is 29.1. The van der Waals surface area contributed by atoms with E-state index < -0.39 is 5.97 Å². The number of Topliss-reactive ketones (excluding diaryl/α,β-unsaturated/α-hetero) is 2. The summed E-state index contributed by atoms with van der Waals surface area (Å²) in [6.07, 6.45) is 16.9.